The number of carbonyl (C=O) groups is 1. The molecule has 4 rings (SSSR count). The Morgan fingerprint density at radius 2 is 1.87 bits per heavy atom. The molecule has 9 heteroatoms. The van der Waals surface area contributed by atoms with Gasteiger partial charge < -0.3 is 14.6 Å². The second kappa shape index (κ2) is 8.81. The first-order chi connectivity index (χ1) is 14.9. The summed E-state index contributed by atoms with van der Waals surface area (Å²) in [5.74, 6) is 0.309. The largest absolute Gasteiger partial charge is 0.468 e. The topological polar surface area (TPSA) is 61.6 Å². The Morgan fingerprint density at radius 3 is 2.52 bits per heavy atom. The fraction of sp³-hybridized carbons (Fsp3) is 0.273. The van der Waals surface area contributed by atoms with Crippen molar-refractivity contribution in [2.24, 2.45) is 0 Å². The van der Waals surface area contributed by atoms with E-state index in [1.54, 1.807) is 18.4 Å². The molecule has 0 atom stereocenters. The van der Waals surface area contributed by atoms with E-state index in [1.165, 1.54) is 18.3 Å². The van der Waals surface area contributed by atoms with Crippen molar-refractivity contribution in [1.29, 1.82) is 0 Å². The minimum Gasteiger partial charge on any atom is -0.468 e. The molecule has 0 spiro atoms. The highest BCUT2D eigenvalue weighted by molar-refractivity contribution is 6.04. The van der Waals surface area contributed by atoms with Crippen molar-refractivity contribution in [2.75, 3.05) is 36.4 Å². The molecule has 3 heterocycles. The van der Waals surface area contributed by atoms with Gasteiger partial charge in [-0.05, 0) is 42.5 Å². The molecule has 1 aliphatic rings. The summed E-state index contributed by atoms with van der Waals surface area (Å²) in [6.45, 7) is 3.33. The van der Waals surface area contributed by atoms with Crippen LogP contribution in [0.2, 0.25) is 0 Å². The van der Waals surface area contributed by atoms with Crippen molar-refractivity contribution in [1.82, 2.24) is 9.88 Å². The molecular weight excluding hydrogens is 409 g/mol. The number of aromatic nitrogens is 1. The molecule has 1 saturated heterocycles. The molecule has 1 aliphatic heterocycles. The summed E-state index contributed by atoms with van der Waals surface area (Å²) in [5, 5.41) is 2.61. The van der Waals surface area contributed by atoms with Crippen LogP contribution in [0.5, 0.6) is 0 Å². The number of furan rings is 1. The molecule has 6 nitrogen and oxygen atoms in total. The summed E-state index contributed by atoms with van der Waals surface area (Å²) < 4.78 is 45.2. The number of anilines is 2. The van der Waals surface area contributed by atoms with Crippen LogP contribution in [0.1, 0.15) is 21.8 Å². The highest BCUT2D eigenvalue weighted by atomic mass is 19.4. The van der Waals surface area contributed by atoms with Crippen LogP contribution in [0.25, 0.3) is 0 Å². The molecule has 1 amide bonds. The molecule has 3 aromatic rings. The molecule has 1 aromatic carbocycles. The maximum Gasteiger partial charge on any atom is 0.416 e. The number of halogens is 3. The summed E-state index contributed by atoms with van der Waals surface area (Å²) in [5.41, 5.74) is -0.0157. The summed E-state index contributed by atoms with van der Waals surface area (Å²) >= 11 is 0. The summed E-state index contributed by atoms with van der Waals surface area (Å²) in [7, 11) is 0. The van der Waals surface area contributed by atoms with E-state index in [-0.39, 0.29) is 11.4 Å². The van der Waals surface area contributed by atoms with Gasteiger partial charge in [0, 0.05) is 32.4 Å². The zero-order valence-corrected chi connectivity index (χ0v) is 16.6. The standard InChI is InChI=1S/C22H21F3N4O2/c23-22(24,25)16-6-7-20(19(14-16)27-21(30)18-5-1-2-8-26-18)29-11-9-28(10-12-29)15-17-4-3-13-31-17/h1-8,13-14H,9-12,15H2,(H,27,30). The number of amides is 1. The fourth-order valence-corrected chi connectivity index (χ4v) is 3.54. The van der Waals surface area contributed by atoms with Crippen molar-refractivity contribution in [2.45, 2.75) is 12.7 Å². The first kappa shape index (κ1) is 20.9. The fourth-order valence-electron chi connectivity index (χ4n) is 3.54. The van der Waals surface area contributed by atoms with Gasteiger partial charge in [-0.15, -0.1) is 0 Å². The smallest absolute Gasteiger partial charge is 0.416 e. The SMILES string of the molecule is O=C(Nc1cc(C(F)(F)F)ccc1N1CCN(Cc2ccco2)CC1)c1ccccn1. The maximum absolute atomic E-state index is 13.3. The predicted octanol–water partition coefficient (Wildman–Crippen LogP) is 4.27. The lowest BCUT2D eigenvalue weighted by Crippen LogP contribution is -2.46. The number of alkyl halides is 3. The van der Waals surface area contributed by atoms with Crippen molar-refractivity contribution in [3.63, 3.8) is 0 Å². The number of nitrogens with zero attached hydrogens (tertiary/aromatic N) is 3. The Hall–Kier alpha value is -3.33. The van der Waals surface area contributed by atoms with Gasteiger partial charge in [0.15, 0.2) is 0 Å². The number of hydrogen-bond donors (Lipinski definition) is 1. The molecule has 1 N–H and O–H groups in total. The van der Waals surface area contributed by atoms with Crippen LogP contribution < -0.4 is 10.2 Å². The summed E-state index contributed by atoms with van der Waals surface area (Å²) in [6, 6.07) is 12.0. The van der Waals surface area contributed by atoms with Crippen LogP contribution in [-0.4, -0.2) is 42.0 Å². The summed E-state index contributed by atoms with van der Waals surface area (Å²) in [4.78, 5) is 20.7. The monoisotopic (exact) mass is 430 g/mol. The lowest BCUT2D eigenvalue weighted by atomic mass is 10.1. The van der Waals surface area contributed by atoms with Crippen molar-refractivity contribution in [3.05, 3.63) is 78.0 Å². The third-order valence-corrected chi connectivity index (χ3v) is 5.14. The van der Waals surface area contributed by atoms with Crippen LogP contribution in [0.15, 0.2) is 65.4 Å². The Bertz CT molecular complexity index is 1010. The average Bonchev–Trinajstić information content (AvgIpc) is 3.27. The van der Waals surface area contributed by atoms with Crippen LogP contribution in [-0.2, 0) is 12.7 Å². The number of benzene rings is 1. The number of nitrogens with one attached hydrogen (secondary N) is 1. The van der Waals surface area contributed by atoms with Gasteiger partial charge in [-0.25, -0.2) is 0 Å². The number of rotatable bonds is 5. The molecule has 0 aliphatic carbocycles. The highest BCUT2D eigenvalue weighted by Crippen LogP contribution is 2.36. The molecule has 2 aromatic heterocycles. The zero-order chi connectivity index (χ0) is 21.8. The Morgan fingerprint density at radius 1 is 1.06 bits per heavy atom. The second-order valence-electron chi connectivity index (χ2n) is 7.24. The van der Waals surface area contributed by atoms with Gasteiger partial charge in [0.2, 0.25) is 0 Å². The van der Waals surface area contributed by atoms with Gasteiger partial charge in [-0.1, -0.05) is 6.07 Å². The zero-order valence-electron chi connectivity index (χ0n) is 16.6. The van der Waals surface area contributed by atoms with Crippen LogP contribution in [0.4, 0.5) is 24.5 Å². The number of carbonyl (C=O) groups excluding carboxylic acids is 1. The molecule has 0 radical (unpaired) electrons. The Kier molecular flexibility index (Phi) is 5.94. The average molecular weight is 430 g/mol. The van der Waals surface area contributed by atoms with E-state index in [0.717, 1.165) is 31.0 Å². The van der Waals surface area contributed by atoms with Gasteiger partial charge in [-0.3, -0.25) is 14.7 Å². The van der Waals surface area contributed by atoms with Gasteiger partial charge in [-0.2, -0.15) is 13.2 Å². The lowest BCUT2D eigenvalue weighted by Gasteiger charge is -2.36. The van der Waals surface area contributed by atoms with Crippen LogP contribution >= 0.6 is 0 Å². The van der Waals surface area contributed by atoms with E-state index in [2.05, 4.69) is 15.2 Å². The first-order valence-corrected chi connectivity index (χ1v) is 9.83. The van der Waals surface area contributed by atoms with Crippen LogP contribution in [0, 0.1) is 0 Å². The minimum absolute atomic E-state index is 0.116. The number of pyridine rings is 1. The number of hydrogen-bond acceptors (Lipinski definition) is 5. The van der Waals surface area contributed by atoms with Gasteiger partial charge in [0.25, 0.3) is 5.91 Å². The molecule has 1 fully saturated rings. The predicted molar refractivity (Wildman–Crippen MR) is 110 cm³/mol. The molecule has 0 unspecified atom stereocenters. The molecule has 162 valence electrons. The first-order valence-electron chi connectivity index (χ1n) is 9.83. The molecule has 0 saturated carbocycles. The van der Waals surface area contributed by atoms with Gasteiger partial charge >= 0.3 is 6.18 Å². The van der Waals surface area contributed by atoms with Crippen molar-refractivity contribution >= 4 is 17.3 Å². The van der Waals surface area contributed by atoms with Gasteiger partial charge in [0.1, 0.15) is 11.5 Å². The summed E-state index contributed by atoms with van der Waals surface area (Å²) in [6.07, 6.45) is -1.42. The van der Waals surface area contributed by atoms with E-state index in [4.69, 9.17) is 4.42 Å². The second-order valence-corrected chi connectivity index (χ2v) is 7.24. The third-order valence-electron chi connectivity index (χ3n) is 5.14. The normalized spacial score (nSPS) is 15.1. The minimum atomic E-state index is -4.51. The Balaban J connectivity index is 1.53. The van der Waals surface area contributed by atoms with Crippen molar-refractivity contribution < 1.29 is 22.4 Å². The van der Waals surface area contributed by atoms with E-state index in [0.29, 0.717) is 25.3 Å². The van der Waals surface area contributed by atoms with Crippen molar-refractivity contribution in [3.8, 4) is 0 Å². The number of piperazine rings is 1. The van der Waals surface area contributed by atoms with E-state index in [9.17, 15) is 18.0 Å². The highest BCUT2D eigenvalue weighted by Gasteiger charge is 2.32. The Labute approximate surface area is 177 Å². The van der Waals surface area contributed by atoms with E-state index >= 15 is 0 Å². The third kappa shape index (κ3) is 5.05. The van der Waals surface area contributed by atoms with E-state index < -0.39 is 17.6 Å². The molecular formula is C22H21F3N4O2. The van der Waals surface area contributed by atoms with Crippen LogP contribution in [0.3, 0.4) is 0 Å². The maximum atomic E-state index is 13.3. The quantitative estimate of drug-likeness (QED) is 0.655. The van der Waals surface area contributed by atoms with E-state index in [1.807, 2.05) is 17.0 Å². The van der Waals surface area contributed by atoms with Gasteiger partial charge in [0.05, 0.1) is 29.7 Å². The molecule has 31 heavy (non-hydrogen) atoms. The molecule has 0 bridgehead atoms. The lowest BCUT2D eigenvalue weighted by molar-refractivity contribution is -0.137.